The highest BCUT2D eigenvalue weighted by atomic mass is 16.5. The summed E-state index contributed by atoms with van der Waals surface area (Å²) in [6.07, 6.45) is 32.8. The summed E-state index contributed by atoms with van der Waals surface area (Å²) in [4.78, 5) is 2.22. The molecule has 0 aliphatic heterocycles. The molecule has 3 fully saturated rings. The second-order valence-corrected chi connectivity index (χ2v) is 19.4. The van der Waals surface area contributed by atoms with Gasteiger partial charge < -0.3 is 19.1 Å². The van der Waals surface area contributed by atoms with Crippen LogP contribution in [0.2, 0.25) is 0 Å². The van der Waals surface area contributed by atoms with Crippen molar-refractivity contribution >= 4 is 0 Å². The van der Waals surface area contributed by atoms with Crippen LogP contribution in [0.15, 0.2) is 11.6 Å². The molecule has 4 rings (SSSR count). The number of fused-ring (bicyclic) bond motifs is 5. The van der Waals surface area contributed by atoms with Gasteiger partial charge in [0, 0.05) is 26.4 Å². The van der Waals surface area contributed by atoms with Gasteiger partial charge in [0.2, 0.25) is 0 Å². The van der Waals surface area contributed by atoms with Crippen LogP contribution in [-0.2, 0) is 14.2 Å². The molecule has 0 aromatic rings. The van der Waals surface area contributed by atoms with Gasteiger partial charge in [-0.25, -0.2) is 0 Å². The fourth-order valence-corrected chi connectivity index (χ4v) is 11.8. The maximum absolute atomic E-state index is 6.58. The van der Waals surface area contributed by atoms with Crippen LogP contribution < -0.4 is 0 Å². The summed E-state index contributed by atoms with van der Waals surface area (Å²) in [5.74, 6) is 5.50. The van der Waals surface area contributed by atoms with Crippen molar-refractivity contribution in [3.8, 4) is 0 Å². The number of hydrogen-bond donors (Lipinski definition) is 0. The van der Waals surface area contributed by atoms with Gasteiger partial charge >= 0.3 is 0 Å². The fourth-order valence-electron chi connectivity index (χ4n) is 11.8. The monoisotopic (exact) mass is 714 g/mol. The highest BCUT2D eigenvalue weighted by Gasteiger charge is 2.59. The van der Waals surface area contributed by atoms with E-state index in [1.165, 1.54) is 135 Å². The van der Waals surface area contributed by atoms with E-state index in [-0.39, 0.29) is 6.10 Å². The molecule has 0 N–H and O–H groups in total. The van der Waals surface area contributed by atoms with Crippen molar-refractivity contribution in [2.24, 2.45) is 46.3 Å². The van der Waals surface area contributed by atoms with Gasteiger partial charge in [-0.1, -0.05) is 124 Å². The lowest BCUT2D eigenvalue weighted by atomic mass is 9.47. The van der Waals surface area contributed by atoms with E-state index in [9.17, 15) is 0 Å². The standard InChI is InChI=1S/C47H87NO3/c1-9-10-11-12-14-17-31-49-36-41(35-48(7)8)51-33-19-16-13-15-18-32-50-40-27-29-46(5)39(34-40)23-24-42-44-26-25-43(38(4)22-20-21-37(2)3)47(44,6)30-28-45(42)46/h23,37-38,40-45H,9-22,24-36H2,1-8H3/t38-,40+,41-,42+,43-,44+,45+,46+,47-/m1/s1. The molecule has 0 spiro atoms. The van der Waals surface area contributed by atoms with Crippen molar-refractivity contribution in [1.82, 2.24) is 4.90 Å². The average molecular weight is 714 g/mol. The van der Waals surface area contributed by atoms with E-state index in [2.05, 4.69) is 66.6 Å². The molecule has 0 bridgehead atoms. The minimum absolute atomic E-state index is 0.183. The van der Waals surface area contributed by atoms with E-state index in [1.807, 2.05) is 0 Å². The Bertz CT molecular complexity index is 979. The Morgan fingerprint density at radius 2 is 1.47 bits per heavy atom. The lowest BCUT2D eigenvalue weighted by Gasteiger charge is -2.58. The van der Waals surface area contributed by atoms with Crippen LogP contribution in [-0.4, -0.2) is 64.2 Å². The van der Waals surface area contributed by atoms with E-state index >= 15 is 0 Å². The maximum atomic E-state index is 6.58. The van der Waals surface area contributed by atoms with Gasteiger partial charge in [0.05, 0.1) is 18.8 Å². The summed E-state index contributed by atoms with van der Waals surface area (Å²) in [5, 5.41) is 0. The van der Waals surface area contributed by atoms with Crippen LogP contribution in [0.4, 0.5) is 0 Å². The number of likely N-dealkylation sites (N-methyl/N-ethyl adjacent to an activating group) is 1. The number of unbranched alkanes of at least 4 members (excludes halogenated alkanes) is 9. The van der Waals surface area contributed by atoms with Crippen LogP contribution in [0.1, 0.15) is 183 Å². The number of allylic oxidation sites excluding steroid dienone is 1. The molecule has 4 heteroatoms. The molecule has 3 saturated carbocycles. The largest absolute Gasteiger partial charge is 0.379 e. The Morgan fingerprint density at radius 3 is 2.20 bits per heavy atom. The zero-order valence-electron chi connectivity index (χ0n) is 35.5. The molecule has 0 aromatic carbocycles. The lowest BCUT2D eigenvalue weighted by molar-refractivity contribution is -0.0641. The number of ether oxygens (including phenoxy) is 3. The third-order valence-corrected chi connectivity index (χ3v) is 14.8. The van der Waals surface area contributed by atoms with Gasteiger partial charge in [0.15, 0.2) is 0 Å². The molecular weight excluding hydrogens is 627 g/mol. The fraction of sp³-hybridized carbons (Fsp3) is 0.957. The number of nitrogens with zero attached hydrogens (tertiary/aromatic N) is 1. The molecule has 298 valence electrons. The summed E-state index contributed by atoms with van der Waals surface area (Å²) >= 11 is 0. The number of hydrogen-bond acceptors (Lipinski definition) is 4. The molecule has 0 radical (unpaired) electrons. The van der Waals surface area contributed by atoms with Crippen LogP contribution in [0.25, 0.3) is 0 Å². The zero-order valence-corrected chi connectivity index (χ0v) is 35.5. The predicted octanol–water partition coefficient (Wildman–Crippen LogP) is 12.7. The summed E-state index contributed by atoms with van der Waals surface area (Å²) < 4.78 is 18.9. The molecule has 4 aliphatic rings. The van der Waals surface area contributed by atoms with Gasteiger partial charge in [-0.2, -0.15) is 0 Å². The van der Waals surface area contributed by atoms with E-state index in [1.54, 1.807) is 5.57 Å². The van der Waals surface area contributed by atoms with Gasteiger partial charge in [-0.05, 0) is 131 Å². The Morgan fingerprint density at radius 1 is 0.765 bits per heavy atom. The summed E-state index contributed by atoms with van der Waals surface area (Å²) in [6, 6.07) is 0. The quantitative estimate of drug-likeness (QED) is 0.0659. The van der Waals surface area contributed by atoms with Crippen molar-refractivity contribution in [3.05, 3.63) is 11.6 Å². The Hall–Kier alpha value is -0.420. The molecule has 51 heavy (non-hydrogen) atoms. The normalized spacial score (nSPS) is 31.7. The first-order valence-corrected chi connectivity index (χ1v) is 22.7. The predicted molar refractivity (Wildman–Crippen MR) is 218 cm³/mol. The van der Waals surface area contributed by atoms with Crippen molar-refractivity contribution in [2.45, 2.75) is 195 Å². The third-order valence-electron chi connectivity index (χ3n) is 14.8. The first-order chi connectivity index (χ1) is 24.6. The van der Waals surface area contributed by atoms with Crippen LogP contribution in [0.5, 0.6) is 0 Å². The van der Waals surface area contributed by atoms with E-state index in [0.29, 0.717) is 16.9 Å². The van der Waals surface area contributed by atoms with Gasteiger partial charge in [-0.3, -0.25) is 0 Å². The minimum Gasteiger partial charge on any atom is -0.379 e. The summed E-state index contributed by atoms with van der Waals surface area (Å²) in [6.45, 7) is 19.4. The third kappa shape index (κ3) is 12.8. The molecule has 0 heterocycles. The average Bonchev–Trinajstić information content (AvgIpc) is 3.45. The van der Waals surface area contributed by atoms with E-state index in [4.69, 9.17) is 14.2 Å². The number of rotatable bonds is 26. The molecule has 0 amide bonds. The van der Waals surface area contributed by atoms with Crippen molar-refractivity contribution in [2.75, 3.05) is 47.1 Å². The van der Waals surface area contributed by atoms with Crippen LogP contribution in [0, 0.1) is 46.3 Å². The van der Waals surface area contributed by atoms with Gasteiger partial charge in [0.25, 0.3) is 0 Å². The van der Waals surface area contributed by atoms with Crippen molar-refractivity contribution < 1.29 is 14.2 Å². The van der Waals surface area contributed by atoms with Crippen LogP contribution in [0.3, 0.4) is 0 Å². The van der Waals surface area contributed by atoms with Gasteiger partial charge in [-0.15, -0.1) is 0 Å². The Kier molecular flexibility index (Phi) is 18.9. The maximum Gasteiger partial charge on any atom is 0.0934 e. The Labute approximate surface area is 318 Å². The first-order valence-electron chi connectivity index (χ1n) is 22.7. The smallest absolute Gasteiger partial charge is 0.0934 e. The summed E-state index contributed by atoms with van der Waals surface area (Å²) in [7, 11) is 4.26. The second-order valence-electron chi connectivity index (χ2n) is 19.4. The zero-order chi connectivity index (χ0) is 36.7. The van der Waals surface area contributed by atoms with E-state index < -0.39 is 0 Å². The molecule has 4 nitrogen and oxygen atoms in total. The molecule has 0 aromatic heterocycles. The lowest BCUT2D eigenvalue weighted by Crippen LogP contribution is -2.51. The highest BCUT2D eigenvalue weighted by molar-refractivity contribution is 5.25. The topological polar surface area (TPSA) is 30.9 Å². The van der Waals surface area contributed by atoms with Crippen LogP contribution >= 0.6 is 0 Å². The summed E-state index contributed by atoms with van der Waals surface area (Å²) in [5.41, 5.74) is 2.79. The van der Waals surface area contributed by atoms with Crippen molar-refractivity contribution in [3.63, 3.8) is 0 Å². The van der Waals surface area contributed by atoms with E-state index in [0.717, 1.165) is 74.9 Å². The SMILES string of the molecule is CCCCCCCCOC[C@@H](CN(C)C)OCCCCCCCO[C@H]1CC[C@@]2(C)C(=CC[C@H]3[C@@H]4CC[C@H]([C@H](C)CCCC(C)C)[C@@]4(C)CC[C@@H]32)C1. The molecule has 4 aliphatic carbocycles. The minimum atomic E-state index is 0.183. The second kappa shape index (κ2) is 22.2. The molecular formula is C47H87NO3. The molecule has 0 unspecified atom stereocenters. The highest BCUT2D eigenvalue weighted by Crippen LogP contribution is 2.67. The Balaban J connectivity index is 1.09. The first kappa shape index (κ1) is 43.3. The molecule has 9 atom stereocenters. The van der Waals surface area contributed by atoms with Gasteiger partial charge in [0.1, 0.15) is 0 Å². The molecule has 0 saturated heterocycles. The van der Waals surface area contributed by atoms with Crippen molar-refractivity contribution in [1.29, 1.82) is 0 Å².